The van der Waals surface area contributed by atoms with E-state index in [2.05, 4.69) is 15.3 Å². The second-order valence-electron chi connectivity index (χ2n) is 4.44. The third-order valence-electron chi connectivity index (χ3n) is 2.76. The molecule has 1 unspecified atom stereocenters. The lowest BCUT2D eigenvalue weighted by Gasteiger charge is -2.19. The molecule has 0 N–H and O–H groups in total. The maximum atomic E-state index is 4.27. The van der Waals surface area contributed by atoms with Crippen LogP contribution in [0.1, 0.15) is 0 Å². The molecular weight excluding hydrogens is 264 g/mol. The number of hydrogen-bond acceptors (Lipinski definition) is 6. The van der Waals surface area contributed by atoms with Crippen LogP contribution in [0.25, 0.3) is 0 Å². The van der Waals surface area contributed by atoms with Crippen LogP contribution in [0.4, 0.5) is 11.4 Å². The Kier molecular flexibility index (Phi) is 5.11. The zero-order chi connectivity index (χ0) is 13.1. The lowest BCUT2D eigenvalue weighted by molar-refractivity contribution is 0.183. The number of halogens is 1. The number of rotatable bonds is 3. The van der Waals surface area contributed by atoms with E-state index in [-0.39, 0.29) is 18.7 Å². The normalized spacial score (nSPS) is 18.0. The van der Waals surface area contributed by atoms with Gasteiger partial charge in [-0.1, -0.05) is 0 Å². The first-order valence-electron chi connectivity index (χ1n) is 5.75. The van der Waals surface area contributed by atoms with Gasteiger partial charge < -0.3 is 9.80 Å². The van der Waals surface area contributed by atoms with Crippen LogP contribution in [0.15, 0.2) is 39.6 Å². The fourth-order valence-electron chi connectivity index (χ4n) is 1.64. The van der Waals surface area contributed by atoms with Crippen molar-refractivity contribution in [2.75, 3.05) is 33.1 Å². The highest BCUT2D eigenvalue weighted by atomic mass is 35.5. The van der Waals surface area contributed by atoms with E-state index in [9.17, 15) is 0 Å². The summed E-state index contributed by atoms with van der Waals surface area (Å²) in [5, 5.41) is 14.4. The van der Waals surface area contributed by atoms with Gasteiger partial charge in [-0.25, -0.2) is 0 Å². The maximum Gasteiger partial charge on any atom is 0.233 e. The molecule has 104 valence electrons. The first-order valence-corrected chi connectivity index (χ1v) is 5.75. The summed E-state index contributed by atoms with van der Waals surface area (Å²) in [6.45, 7) is 0. The summed E-state index contributed by atoms with van der Waals surface area (Å²) in [6.07, 6.45) is 1.58. The Hall–Kier alpha value is -1.82. The minimum Gasteiger partial charge on any atom is -0.378 e. The Bertz CT molecular complexity index is 444. The molecule has 1 atom stereocenters. The molecule has 1 aliphatic heterocycles. The minimum absolute atomic E-state index is 0. The number of hydrazone groups is 1. The van der Waals surface area contributed by atoms with Gasteiger partial charge in [0, 0.05) is 33.9 Å². The predicted molar refractivity (Wildman–Crippen MR) is 80.3 cm³/mol. The molecule has 1 heterocycles. The van der Waals surface area contributed by atoms with E-state index in [0.29, 0.717) is 0 Å². The van der Waals surface area contributed by atoms with E-state index >= 15 is 0 Å². The fraction of sp³-hybridized carbons (Fsp3) is 0.417. The number of nitrogens with zero attached hydrogens (tertiary/aromatic N) is 6. The summed E-state index contributed by atoms with van der Waals surface area (Å²) >= 11 is 0. The van der Waals surface area contributed by atoms with Gasteiger partial charge in [0.2, 0.25) is 6.29 Å². The van der Waals surface area contributed by atoms with Crippen molar-refractivity contribution in [2.45, 2.75) is 6.29 Å². The first-order chi connectivity index (χ1) is 8.58. The Labute approximate surface area is 119 Å². The third kappa shape index (κ3) is 3.57. The molecule has 0 aromatic heterocycles. The van der Waals surface area contributed by atoms with Crippen LogP contribution in [0.5, 0.6) is 0 Å². The van der Waals surface area contributed by atoms with Crippen molar-refractivity contribution in [3.8, 4) is 0 Å². The zero-order valence-electron chi connectivity index (χ0n) is 11.6. The molecule has 2 rings (SSSR count). The van der Waals surface area contributed by atoms with E-state index < -0.39 is 0 Å². The van der Waals surface area contributed by atoms with Crippen molar-refractivity contribution in [3.05, 3.63) is 24.3 Å². The summed E-state index contributed by atoms with van der Waals surface area (Å²) in [6, 6.07) is 7.95. The van der Waals surface area contributed by atoms with Crippen LogP contribution in [-0.2, 0) is 0 Å². The zero-order valence-corrected chi connectivity index (χ0v) is 12.4. The van der Waals surface area contributed by atoms with Gasteiger partial charge >= 0.3 is 0 Å². The molecule has 0 saturated heterocycles. The Balaban J connectivity index is 0.00000180. The summed E-state index contributed by atoms with van der Waals surface area (Å²) in [4.78, 5) is 3.95. The number of benzene rings is 1. The van der Waals surface area contributed by atoms with Crippen molar-refractivity contribution in [1.29, 1.82) is 0 Å². The van der Waals surface area contributed by atoms with E-state index in [1.165, 1.54) is 0 Å². The molecule has 0 aliphatic carbocycles. The van der Waals surface area contributed by atoms with Crippen LogP contribution in [0, 0.1) is 0 Å². The average Bonchev–Trinajstić information content (AvgIpc) is 2.67. The molecular formula is C12H19ClN6. The quantitative estimate of drug-likeness (QED) is 0.800. The van der Waals surface area contributed by atoms with Crippen molar-refractivity contribution in [1.82, 2.24) is 9.91 Å². The molecule has 0 amide bonds. The Morgan fingerprint density at radius 1 is 1.16 bits per heavy atom. The molecule has 0 radical (unpaired) electrons. The molecule has 0 spiro atoms. The summed E-state index contributed by atoms with van der Waals surface area (Å²) in [5.74, 6) is 0. The van der Waals surface area contributed by atoms with Crippen molar-refractivity contribution < 1.29 is 0 Å². The highest BCUT2D eigenvalue weighted by molar-refractivity contribution is 5.85. The molecule has 19 heavy (non-hydrogen) atoms. The summed E-state index contributed by atoms with van der Waals surface area (Å²) in [7, 11) is 7.82. The van der Waals surface area contributed by atoms with Gasteiger partial charge in [-0.2, -0.15) is 10.2 Å². The highest BCUT2D eigenvalue weighted by Crippen LogP contribution is 2.20. The largest absolute Gasteiger partial charge is 0.378 e. The first kappa shape index (κ1) is 15.2. The second kappa shape index (κ2) is 6.38. The highest BCUT2D eigenvalue weighted by Gasteiger charge is 2.20. The Morgan fingerprint density at radius 3 is 2.26 bits per heavy atom. The molecule has 1 aliphatic rings. The van der Waals surface area contributed by atoms with Crippen LogP contribution in [-0.4, -0.2) is 50.7 Å². The maximum absolute atomic E-state index is 4.27. The molecule has 0 bridgehead atoms. The van der Waals surface area contributed by atoms with Gasteiger partial charge in [0.1, 0.15) is 6.34 Å². The second-order valence-corrected chi connectivity index (χ2v) is 4.44. The molecule has 1 aromatic carbocycles. The van der Waals surface area contributed by atoms with Crippen LogP contribution in [0.2, 0.25) is 0 Å². The lowest BCUT2D eigenvalue weighted by atomic mass is 10.3. The van der Waals surface area contributed by atoms with E-state index in [4.69, 9.17) is 0 Å². The smallest absolute Gasteiger partial charge is 0.233 e. The average molecular weight is 283 g/mol. The topological polar surface area (TPSA) is 46.8 Å². The number of anilines is 1. The van der Waals surface area contributed by atoms with Gasteiger partial charge in [-0.3, -0.25) is 5.01 Å². The van der Waals surface area contributed by atoms with Crippen molar-refractivity contribution >= 4 is 30.1 Å². The minimum atomic E-state index is -0.154. The van der Waals surface area contributed by atoms with E-state index in [1.54, 1.807) is 11.3 Å². The van der Waals surface area contributed by atoms with E-state index in [0.717, 1.165) is 11.4 Å². The van der Waals surface area contributed by atoms with Crippen LogP contribution in [0.3, 0.4) is 0 Å². The Morgan fingerprint density at radius 2 is 1.79 bits per heavy atom. The predicted octanol–water partition coefficient (Wildman–Crippen LogP) is 2.36. The fourth-order valence-corrected chi connectivity index (χ4v) is 1.64. The van der Waals surface area contributed by atoms with Gasteiger partial charge in [0.25, 0.3) is 0 Å². The van der Waals surface area contributed by atoms with Gasteiger partial charge in [0.15, 0.2) is 0 Å². The molecule has 6 nitrogen and oxygen atoms in total. The van der Waals surface area contributed by atoms with Crippen molar-refractivity contribution in [2.24, 2.45) is 15.3 Å². The molecule has 1 aromatic rings. The SMILES string of the molecule is CN(C)c1ccc(N=NC2N(C)C=NN2C)cc1.Cl. The molecule has 0 saturated carbocycles. The summed E-state index contributed by atoms with van der Waals surface area (Å²) in [5.41, 5.74) is 1.99. The lowest BCUT2D eigenvalue weighted by Crippen LogP contribution is -2.32. The van der Waals surface area contributed by atoms with Crippen LogP contribution < -0.4 is 4.90 Å². The molecule has 0 fully saturated rings. The molecule has 7 heteroatoms. The van der Waals surface area contributed by atoms with Crippen molar-refractivity contribution in [3.63, 3.8) is 0 Å². The third-order valence-corrected chi connectivity index (χ3v) is 2.76. The van der Waals surface area contributed by atoms with E-state index in [1.807, 2.05) is 62.3 Å². The van der Waals surface area contributed by atoms with Gasteiger partial charge in [0.05, 0.1) is 5.69 Å². The number of azo groups is 1. The number of hydrogen-bond donors (Lipinski definition) is 0. The standard InChI is InChI=1S/C12H18N6.ClH/c1-16(2)11-7-5-10(6-8-11)14-15-12-17(3)9-13-18(12)4;/h5-9,12H,1-4H3;1H. The summed E-state index contributed by atoms with van der Waals surface area (Å²) < 4.78 is 0. The van der Waals surface area contributed by atoms with Crippen LogP contribution >= 0.6 is 12.4 Å². The van der Waals surface area contributed by atoms with Gasteiger partial charge in [-0.05, 0) is 24.3 Å². The monoisotopic (exact) mass is 282 g/mol. The van der Waals surface area contributed by atoms with Gasteiger partial charge in [-0.15, -0.1) is 17.5 Å².